The molecule has 1 aromatic rings. The maximum Gasteiger partial charge on any atom is 0.0940 e. The lowest BCUT2D eigenvalue weighted by atomic mass is 9.82. The van der Waals surface area contributed by atoms with E-state index in [2.05, 4.69) is 31.1 Å². The zero-order chi connectivity index (χ0) is 12.4. The van der Waals surface area contributed by atoms with Crippen molar-refractivity contribution in [2.24, 2.45) is 11.8 Å². The first kappa shape index (κ1) is 13.0. The van der Waals surface area contributed by atoms with Crippen molar-refractivity contribution in [1.29, 1.82) is 0 Å². The molecule has 0 aliphatic carbocycles. The Balaban J connectivity index is 2.07. The van der Waals surface area contributed by atoms with E-state index in [1.807, 2.05) is 18.6 Å². The first-order valence-corrected chi connectivity index (χ1v) is 7.22. The quantitative estimate of drug-likeness (QED) is 0.895. The molecule has 96 valence electrons. The Morgan fingerprint density at radius 3 is 2.65 bits per heavy atom. The number of hydrogen-bond acceptors (Lipinski definition) is 4. The molecule has 5 atom stereocenters. The van der Waals surface area contributed by atoms with Crippen LogP contribution in [0.15, 0.2) is 11.6 Å². The Morgan fingerprint density at radius 2 is 2.18 bits per heavy atom. The third-order valence-corrected chi connectivity index (χ3v) is 4.83. The van der Waals surface area contributed by atoms with E-state index in [1.165, 1.54) is 5.01 Å². The molecule has 0 saturated carbocycles. The fourth-order valence-electron chi connectivity index (χ4n) is 2.96. The van der Waals surface area contributed by atoms with Crippen LogP contribution < -0.4 is 5.32 Å². The van der Waals surface area contributed by atoms with E-state index >= 15 is 0 Å². The Hall–Kier alpha value is -0.450. The van der Waals surface area contributed by atoms with Gasteiger partial charge in [0.05, 0.1) is 17.2 Å². The second-order valence-corrected chi connectivity index (χ2v) is 5.99. The number of aromatic nitrogens is 1. The zero-order valence-corrected chi connectivity index (χ0v) is 11.8. The molecule has 3 nitrogen and oxygen atoms in total. The van der Waals surface area contributed by atoms with Gasteiger partial charge in [0.2, 0.25) is 0 Å². The zero-order valence-electron chi connectivity index (χ0n) is 11.0. The molecule has 5 unspecified atom stereocenters. The second kappa shape index (κ2) is 5.46. The van der Waals surface area contributed by atoms with Crippen molar-refractivity contribution in [2.45, 2.75) is 45.4 Å². The molecule has 0 radical (unpaired) electrons. The van der Waals surface area contributed by atoms with Crippen molar-refractivity contribution in [3.8, 4) is 0 Å². The van der Waals surface area contributed by atoms with Crippen molar-refractivity contribution >= 4 is 11.3 Å². The number of hydrogen-bond donors (Lipinski definition) is 1. The fourth-order valence-corrected chi connectivity index (χ4v) is 3.64. The van der Waals surface area contributed by atoms with Crippen LogP contribution in [0, 0.1) is 11.8 Å². The summed E-state index contributed by atoms with van der Waals surface area (Å²) in [5, 5.41) is 6.71. The van der Waals surface area contributed by atoms with Crippen LogP contribution in [0.1, 0.15) is 25.8 Å². The van der Waals surface area contributed by atoms with E-state index in [4.69, 9.17) is 4.74 Å². The van der Waals surface area contributed by atoms with Crippen LogP contribution in [0.5, 0.6) is 0 Å². The summed E-state index contributed by atoms with van der Waals surface area (Å²) >= 11 is 1.74. The summed E-state index contributed by atoms with van der Waals surface area (Å²) in [5.74, 6) is 1.17. The van der Waals surface area contributed by atoms with Crippen molar-refractivity contribution in [3.05, 3.63) is 16.6 Å². The second-order valence-electron chi connectivity index (χ2n) is 5.01. The molecule has 0 bridgehead atoms. The minimum atomic E-state index is 0.331. The number of rotatable bonds is 4. The number of thiazole rings is 1. The van der Waals surface area contributed by atoms with Crippen LogP contribution >= 0.6 is 11.3 Å². The molecular formula is C13H22N2OS. The molecule has 0 spiro atoms. The van der Waals surface area contributed by atoms with E-state index in [0.717, 1.165) is 6.42 Å². The van der Waals surface area contributed by atoms with Crippen molar-refractivity contribution < 1.29 is 4.74 Å². The van der Waals surface area contributed by atoms with Crippen molar-refractivity contribution in [1.82, 2.24) is 10.3 Å². The normalized spacial score (nSPS) is 35.1. The summed E-state index contributed by atoms with van der Waals surface area (Å²) < 4.78 is 5.93. The van der Waals surface area contributed by atoms with Gasteiger partial charge in [0.1, 0.15) is 0 Å². The highest BCUT2D eigenvalue weighted by Gasteiger charge is 2.41. The van der Waals surface area contributed by atoms with E-state index in [1.54, 1.807) is 11.3 Å². The topological polar surface area (TPSA) is 34.2 Å². The SMILES string of the molecule is CNC(Cc1nccs1)C1C(C)OC(C)C1C. The third kappa shape index (κ3) is 2.69. The fraction of sp³-hybridized carbons (Fsp3) is 0.769. The lowest BCUT2D eigenvalue weighted by Crippen LogP contribution is -2.41. The summed E-state index contributed by atoms with van der Waals surface area (Å²) in [6.45, 7) is 6.67. The lowest BCUT2D eigenvalue weighted by molar-refractivity contribution is 0.0479. The minimum absolute atomic E-state index is 0.331. The van der Waals surface area contributed by atoms with Crippen LogP contribution in [-0.4, -0.2) is 30.3 Å². The lowest BCUT2D eigenvalue weighted by Gasteiger charge is -2.28. The van der Waals surface area contributed by atoms with Gasteiger partial charge in [-0.1, -0.05) is 6.92 Å². The van der Waals surface area contributed by atoms with Gasteiger partial charge in [-0.25, -0.2) is 4.98 Å². The Labute approximate surface area is 108 Å². The Bertz CT molecular complexity index is 341. The van der Waals surface area contributed by atoms with E-state index in [-0.39, 0.29) is 0 Å². The standard InChI is InChI=1S/C13H22N2OS/c1-8-9(2)16-10(3)13(8)11(14-4)7-12-15-5-6-17-12/h5-6,8-11,13-14H,7H2,1-4H3. The van der Waals surface area contributed by atoms with Gasteiger partial charge in [-0.15, -0.1) is 11.3 Å². The molecule has 17 heavy (non-hydrogen) atoms. The van der Waals surface area contributed by atoms with Gasteiger partial charge >= 0.3 is 0 Å². The van der Waals surface area contributed by atoms with Crippen LogP contribution in [0.3, 0.4) is 0 Å². The average Bonchev–Trinajstić information content (AvgIpc) is 2.87. The van der Waals surface area contributed by atoms with Gasteiger partial charge in [-0.2, -0.15) is 0 Å². The smallest absolute Gasteiger partial charge is 0.0940 e. The van der Waals surface area contributed by atoms with Crippen molar-refractivity contribution in [3.63, 3.8) is 0 Å². The highest BCUT2D eigenvalue weighted by molar-refractivity contribution is 7.09. The maximum absolute atomic E-state index is 5.93. The van der Waals surface area contributed by atoms with Gasteiger partial charge < -0.3 is 10.1 Å². The summed E-state index contributed by atoms with van der Waals surface area (Å²) in [4.78, 5) is 4.38. The number of ether oxygens (including phenoxy) is 1. The average molecular weight is 254 g/mol. The minimum Gasteiger partial charge on any atom is -0.375 e. The summed E-state index contributed by atoms with van der Waals surface area (Å²) in [6.07, 6.45) is 3.58. The summed E-state index contributed by atoms with van der Waals surface area (Å²) in [5.41, 5.74) is 0. The molecular weight excluding hydrogens is 232 g/mol. The van der Waals surface area contributed by atoms with E-state index < -0.39 is 0 Å². The summed E-state index contributed by atoms with van der Waals surface area (Å²) in [7, 11) is 2.04. The molecule has 1 aromatic heterocycles. The van der Waals surface area contributed by atoms with Gasteiger partial charge in [0, 0.05) is 30.0 Å². The molecule has 1 N–H and O–H groups in total. The van der Waals surface area contributed by atoms with Crippen LogP contribution in [0.4, 0.5) is 0 Å². The predicted octanol–water partition coefficient (Wildman–Crippen LogP) is 2.33. The predicted molar refractivity (Wildman–Crippen MR) is 71.3 cm³/mol. The summed E-state index contributed by atoms with van der Waals surface area (Å²) in [6, 6.07) is 0.455. The van der Waals surface area contributed by atoms with Crippen LogP contribution in [-0.2, 0) is 11.2 Å². The highest BCUT2D eigenvalue weighted by atomic mass is 32.1. The highest BCUT2D eigenvalue weighted by Crippen LogP contribution is 2.35. The van der Waals surface area contributed by atoms with E-state index in [0.29, 0.717) is 30.1 Å². The first-order valence-electron chi connectivity index (χ1n) is 6.34. The number of nitrogens with one attached hydrogen (secondary N) is 1. The monoisotopic (exact) mass is 254 g/mol. The molecule has 1 aliphatic rings. The molecule has 1 fully saturated rings. The van der Waals surface area contributed by atoms with Gasteiger partial charge in [0.15, 0.2) is 0 Å². The van der Waals surface area contributed by atoms with Gasteiger partial charge in [-0.05, 0) is 26.8 Å². The van der Waals surface area contributed by atoms with Crippen LogP contribution in [0.2, 0.25) is 0 Å². The number of nitrogens with zero attached hydrogens (tertiary/aromatic N) is 1. The molecule has 2 heterocycles. The Morgan fingerprint density at radius 1 is 1.41 bits per heavy atom. The van der Waals surface area contributed by atoms with Gasteiger partial charge in [-0.3, -0.25) is 0 Å². The third-order valence-electron chi connectivity index (χ3n) is 4.03. The molecule has 0 aromatic carbocycles. The largest absolute Gasteiger partial charge is 0.375 e. The molecule has 4 heteroatoms. The van der Waals surface area contributed by atoms with Crippen LogP contribution in [0.25, 0.3) is 0 Å². The van der Waals surface area contributed by atoms with Gasteiger partial charge in [0.25, 0.3) is 0 Å². The number of likely N-dealkylation sites (N-methyl/N-ethyl adjacent to an activating group) is 1. The molecule has 2 rings (SSSR count). The molecule has 1 aliphatic heterocycles. The Kier molecular flexibility index (Phi) is 4.17. The van der Waals surface area contributed by atoms with E-state index in [9.17, 15) is 0 Å². The maximum atomic E-state index is 5.93. The first-order chi connectivity index (χ1) is 8.13. The van der Waals surface area contributed by atoms with Crippen molar-refractivity contribution in [2.75, 3.05) is 7.05 Å². The molecule has 1 saturated heterocycles. The molecule has 0 amide bonds.